The van der Waals surface area contributed by atoms with Crippen molar-refractivity contribution in [1.29, 1.82) is 0 Å². The Labute approximate surface area is 159 Å². The maximum Gasteiger partial charge on any atom is 0.319 e. The van der Waals surface area contributed by atoms with Crippen LogP contribution in [0.4, 0.5) is 10.5 Å². The minimum atomic E-state index is -0.211. The van der Waals surface area contributed by atoms with E-state index in [4.69, 9.17) is 11.6 Å². The summed E-state index contributed by atoms with van der Waals surface area (Å²) in [6.07, 6.45) is 0. The van der Waals surface area contributed by atoms with Crippen molar-refractivity contribution < 1.29 is 4.79 Å². The summed E-state index contributed by atoms with van der Waals surface area (Å²) in [5.74, 6) is 0. The summed E-state index contributed by atoms with van der Waals surface area (Å²) in [6.45, 7) is 4.44. The number of likely N-dealkylation sites (N-methyl/N-ethyl adjacent to an activating group) is 1. The number of piperazine rings is 1. The first-order chi connectivity index (χ1) is 12.6. The lowest BCUT2D eigenvalue weighted by Crippen LogP contribution is -2.49. The highest BCUT2D eigenvalue weighted by Gasteiger charge is 2.26. The zero-order valence-electron chi connectivity index (χ0n) is 15.0. The fraction of sp³-hybridized carbons (Fsp3) is 0.350. The van der Waals surface area contributed by atoms with Gasteiger partial charge in [0.2, 0.25) is 0 Å². The second-order valence-electron chi connectivity index (χ2n) is 6.62. The van der Waals surface area contributed by atoms with Gasteiger partial charge in [0.15, 0.2) is 0 Å². The number of benzene rings is 2. The molecule has 0 spiro atoms. The van der Waals surface area contributed by atoms with Crippen molar-refractivity contribution >= 4 is 23.3 Å². The zero-order valence-corrected chi connectivity index (χ0v) is 15.7. The summed E-state index contributed by atoms with van der Waals surface area (Å²) in [5, 5.41) is 6.34. The van der Waals surface area contributed by atoms with E-state index in [1.165, 1.54) is 5.56 Å². The number of amides is 2. The van der Waals surface area contributed by atoms with Crippen LogP contribution in [0.25, 0.3) is 0 Å². The molecule has 1 aliphatic heterocycles. The van der Waals surface area contributed by atoms with Crippen LogP contribution >= 0.6 is 11.6 Å². The number of carbonyl (C=O) groups is 1. The molecule has 0 radical (unpaired) electrons. The van der Waals surface area contributed by atoms with E-state index in [0.29, 0.717) is 23.3 Å². The highest BCUT2D eigenvalue weighted by atomic mass is 35.5. The molecule has 2 amide bonds. The average Bonchev–Trinajstić information content (AvgIpc) is 2.63. The smallest absolute Gasteiger partial charge is 0.319 e. The van der Waals surface area contributed by atoms with Crippen LogP contribution in [0.5, 0.6) is 0 Å². The fourth-order valence-electron chi connectivity index (χ4n) is 3.27. The van der Waals surface area contributed by atoms with E-state index in [-0.39, 0.29) is 6.03 Å². The number of rotatable bonds is 5. The second-order valence-corrected chi connectivity index (χ2v) is 7.05. The molecule has 1 fully saturated rings. The normalized spacial score (nSPS) is 18.5. The van der Waals surface area contributed by atoms with Crippen molar-refractivity contribution in [1.82, 2.24) is 15.1 Å². The Morgan fingerprint density at radius 2 is 1.96 bits per heavy atom. The Balaban J connectivity index is 1.51. The molecule has 2 aromatic rings. The van der Waals surface area contributed by atoms with Crippen LogP contribution in [0.2, 0.25) is 5.02 Å². The van der Waals surface area contributed by atoms with Gasteiger partial charge in [0.05, 0.1) is 0 Å². The number of hydrogen-bond donors (Lipinski definition) is 2. The molecule has 1 aliphatic rings. The molecule has 0 aromatic heterocycles. The lowest BCUT2D eigenvalue weighted by molar-refractivity contribution is 0.0913. The van der Waals surface area contributed by atoms with Gasteiger partial charge in [-0.05, 0) is 30.8 Å². The fourth-order valence-corrected chi connectivity index (χ4v) is 3.46. The molecule has 3 rings (SSSR count). The van der Waals surface area contributed by atoms with Crippen LogP contribution in [0.15, 0.2) is 54.6 Å². The Morgan fingerprint density at radius 3 is 2.73 bits per heavy atom. The number of carbonyl (C=O) groups excluding carboxylic acids is 1. The Bertz CT molecular complexity index is 725. The lowest BCUT2D eigenvalue weighted by Gasteiger charge is -2.40. The molecule has 0 saturated carbocycles. The van der Waals surface area contributed by atoms with Gasteiger partial charge < -0.3 is 15.5 Å². The number of halogens is 1. The summed E-state index contributed by atoms with van der Waals surface area (Å²) >= 11 is 5.94. The number of anilines is 1. The molecular weight excluding hydrogens is 348 g/mol. The average molecular weight is 373 g/mol. The van der Waals surface area contributed by atoms with E-state index >= 15 is 0 Å². The third-order valence-corrected chi connectivity index (χ3v) is 4.88. The third kappa shape index (κ3) is 5.21. The first-order valence-electron chi connectivity index (χ1n) is 8.90. The molecule has 1 heterocycles. The Morgan fingerprint density at radius 1 is 1.15 bits per heavy atom. The van der Waals surface area contributed by atoms with Crippen molar-refractivity contribution in [3.63, 3.8) is 0 Å². The van der Waals surface area contributed by atoms with Gasteiger partial charge in [0.25, 0.3) is 0 Å². The Kier molecular flexibility index (Phi) is 6.50. The second kappa shape index (κ2) is 9.03. The standard InChI is InChI=1S/C20H25ClN4O/c1-24-12-13-25(19(15-24)16-6-3-2-4-7-16)11-10-22-20(26)23-18-9-5-8-17(21)14-18/h2-9,14,19H,10-13,15H2,1H3,(H2,22,23,26). The zero-order chi connectivity index (χ0) is 18.4. The van der Waals surface area contributed by atoms with E-state index < -0.39 is 0 Å². The van der Waals surface area contributed by atoms with Gasteiger partial charge >= 0.3 is 6.03 Å². The molecule has 2 aromatic carbocycles. The first kappa shape index (κ1) is 18.7. The minimum Gasteiger partial charge on any atom is -0.337 e. The van der Waals surface area contributed by atoms with Crippen LogP contribution in [0.3, 0.4) is 0 Å². The van der Waals surface area contributed by atoms with Gasteiger partial charge in [-0.2, -0.15) is 0 Å². The van der Waals surface area contributed by atoms with E-state index in [2.05, 4.69) is 51.7 Å². The number of hydrogen-bond acceptors (Lipinski definition) is 3. The minimum absolute atomic E-state index is 0.211. The van der Waals surface area contributed by atoms with Gasteiger partial charge in [-0.3, -0.25) is 4.90 Å². The predicted molar refractivity (Wildman–Crippen MR) is 107 cm³/mol. The van der Waals surface area contributed by atoms with Crippen molar-refractivity contribution in [3.8, 4) is 0 Å². The predicted octanol–water partition coefficient (Wildman–Crippen LogP) is 3.45. The molecular formula is C20H25ClN4O. The Hall–Kier alpha value is -2.08. The monoisotopic (exact) mass is 372 g/mol. The summed E-state index contributed by atoms with van der Waals surface area (Å²) in [4.78, 5) is 16.9. The van der Waals surface area contributed by atoms with Crippen LogP contribution in [0.1, 0.15) is 11.6 Å². The number of nitrogens with zero attached hydrogens (tertiary/aromatic N) is 2. The maximum atomic E-state index is 12.1. The van der Waals surface area contributed by atoms with Gasteiger partial charge in [-0.25, -0.2) is 4.79 Å². The molecule has 0 bridgehead atoms. The summed E-state index contributed by atoms with van der Waals surface area (Å²) in [7, 11) is 2.16. The summed E-state index contributed by atoms with van der Waals surface area (Å²) in [6, 6.07) is 17.8. The number of urea groups is 1. The lowest BCUT2D eigenvalue weighted by atomic mass is 10.0. The molecule has 1 unspecified atom stereocenters. The molecule has 138 valence electrons. The topological polar surface area (TPSA) is 47.6 Å². The molecule has 26 heavy (non-hydrogen) atoms. The van der Waals surface area contributed by atoms with Crippen molar-refractivity contribution in [2.24, 2.45) is 0 Å². The van der Waals surface area contributed by atoms with Crippen LogP contribution in [-0.4, -0.2) is 55.6 Å². The summed E-state index contributed by atoms with van der Waals surface area (Å²) < 4.78 is 0. The summed E-state index contributed by atoms with van der Waals surface area (Å²) in [5.41, 5.74) is 2.01. The van der Waals surface area contributed by atoms with E-state index in [9.17, 15) is 4.79 Å². The first-order valence-corrected chi connectivity index (χ1v) is 9.27. The molecule has 1 saturated heterocycles. The highest BCUT2D eigenvalue weighted by Crippen LogP contribution is 2.24. The van der Waals surface area contributed by atoms with Crippen molar-refractivity contribution in [2.45, 2.75) is 6.04 Å². The van der Waals surface area contributed by atoms with E-state index in [1.807, 2.05) is 18.2 Å². The quantitative estimate of drug-likeness (QED) is 0.845. The van der Waals surface area contributed by atoms with Crippen LogP contribution in [0, 0.1) is 0 Å². The van der Waals surface area contributed by atoms with E-state index in [0.717, 1.165) is 26.2 Å². The number of nitrogens with one attached hydrogen (secondary N) is 2. The molecule has 6 heteroatoms. The van der Waals surface area contributed by atoms with Gasteiger partial charge in [-0.15, -0.1) is 0 Å². The van der Waals surface area contributed by atoms with E-state index in [1.54, 1.807) is 12.1 Å². The van der Waals surface area contributed by atoms with Crippen molar-refractivity contribution in [2.75, 3.05) is 45.1 Å². The molecule has 5 nitrogen and oxygen atoms in total. The van der Waals surface area contributed by atoms with Gasteiger partial charge in [0, 0.05) is 49.5 Å². The molecule has 1 atom stereocenters. The van der Waals surface area contributed by atoms with Crippen LogP contribution < -0.4 is 10.6 Å². The molecule has 2 N–H and O–H groups in total. The van der Waals surface area contributed by atoms with Crippen molar-refractivity contribution in [3.05, 3.63) is 65.2 Å². The highest BCUT2D eigenvalue weighted by molar-refractivity contribution is 6.30. The van der Waals surface area contributed by atoms with Crippen LogP contribution in [-0.2, 0) is 0 Å². The third-order valence-electron chi connectivity index (χ3n) is 4.65. The van der Waals surface area contributed by atoms with Gasteiger partial charge in [0.1, 0.15) is 0 Å². The largest absolute Gasteiger partial charge is 0.337 e. The van der Waals surface area contributed by atoms with Gasteiger partial charge in [-0.1, -0.05) is 48.0 Å². The molecule has 0 aliphatic carbocycles. The SMILES string of the molecule is CN1CCN(CCNC(=O)Nc2cccc(Cl)c2)C(c2ccccc2)C1. The maximum absolute atomic E-state index is 12.1.